The molecule has 1 N–H and O–H groups in total. The van der Waals surface area contributed by atoms with Gasteiger partial charge in [-0.3, -0.25) is 0 Å². The Kier molecular flexibility index (Phi) is 7.45. The first-order chi connectivity index (χ1) is 9.20. The van der Waals surface area contributed by atoms with E-state index in [9.17, 15) is 0 Å². The van der Waals surface area contributed by atoms with E-state index in [4.69, 9.17) is 4.74 Å². The van der Waals surface area contributed by atoms with Gasteiger partial charge in [-0.15, -0.1) is 0 Å². The van der Waals surface area contributed by atoms with Crippen molar-refractivity contribution in [3.05, 3.63) is 23.9 Å². The molecule has 0 aromatic carbocycles. The Labute approximate surface area is 117 Å². The third-order valence-corrected chi connectivity index (χ3v) is 3.37. The van der Waals surface area contributed by atoms with Crippen molar-refractivity contribution in [2.75, 3.05) is 32.2 Å². The molecule has 0 aliphatic rings. The van der Waals surface area contributed by atoms with Gasteiger partial charge in [0.25, 0.3) is 0 Å². The zero-order chi connectivity index (χ0) is 14.1. The molecule has 1 rings (SSSR count). The van der Waals surface area contributed by atoms with Crippen LogP contribution in [0.1, 0.15) is 32.3 Å². The molecule has 1 unspecified atom stereocenters. The number of nitrogens with zero attached hydrogens (tertiary/aromatic N) is 2. The van der Waals surface area contributed by atoms with Crippen molar-refractivity contribution in [1.82, 2.24) is 10.3 Å². The lowest BCUT2D eigenvalue weighted by Crippen LogP contribution is -2.31. The fourth-order valence-corrected chi connectivity index (χ4v) is 2.10. The Morgan fingerprint density at radius 1 is 1.47 bits per heavy atom. The van der Waals surface area contributed by atoms with Gasteiger partial charge in [-0.25, -0.2) is 4.98 Å². The van der Waals surface area contributed by atoms with Crippen LogP contribution in [-0.4, -0.2) is 38.3 Å². The molecule has 19 heavy (non-hydrogen) atoms. The number of methoxy groups -OCH3 is 1. The number of pyridine rings is 1. The van der Waals surface area contributed by atoms with Gasteiger partial charge in [0.05, 0.1) is 6.61 Å². The van der Waals surface area contributed by atoms with Crippen LogP contribution in [0.15, 0.2) is 18.3 Å². The summed E-state index contributed by atoms with van der Waals surface area (Å²) in [6, 6.07) is 4.64. The van der Waals surface area contributed by atoms with Crippen LogP contribution in [0.4, 0.5) is 5.82 Å². The first-order valence-electron chi connectivity index (χ1n) is 7.07. The number of aromatic nitrogens is 1. The van der Waals surface area contributed by atoms with Crippen molar-refractivity contribution in [3.8, 4) is 0 Å². The summed E-state index contributed by atoms with van der Waals surface area (Å²) >= 11 is 0. The van der Waals surface area contributed by atoms with Crippen LogP contribution in [0.25, 0.3) is 0 Å². The smallest absolute Gasteiger partial charge is 0.132 e. The van der Waals surface area contributed by atoms with E-state index in [0.717, 1.165) is 25.5 Å². The molecule has 0 aliphatic heterocycles. The molecule has 0 saturated carbocycles. The molecule has 0 aliphatic carbocycles. The van der Waals surface area contributed by atoms with Gasteiger partial charge < -0.3 is 15.0 Å². The summed E-state index contributed by atoms with van der Waals surface area (Å²) in [6.07, 6.45) is 4.24. The maximum Gasteiger partial charge on any atom is 0.132 e. The molecular formula is C15H27N3O. The molecule has 0 spiro atoms. The van der Waals surface area contributed by atoms with E-state index in [1.165, 1.54) is 18.4 Å². The van der Waals surface area contributed by atoms with Gasteiger partial charge in [0.1, 0.15) is 5.82 Å². The quantitative estimate of drug-likeness (QED) is 0.696. The molecule has 0 radical (unpaired) electrons. The summed E-state index contributed by atoms with van der Waals surface area (Å²) in [5.41, 5.74) is 1.24. The van der Waals surface area contributed by atoms with E-state index in [0.29, 0.717) is 6.04 Å². The Bertz CT molecular complexity index is 357. The van der Waals surface area contributed by atoms with Crippen molar-refractivity contribution in [2.45, 2.75) is 39.3 Å². The first-order valence-corrected chi connectivity index (χ1v) is 7.07. The molecule has 0 bridgehead atoms. The number of hydrogen-bond donors (Lipinski definition) is 1. The van der Waals surface area contributed by atoms with E-state index in [1.54, 1.807) is 7.11 Å². The van der Waals surface area contributed by atoms with E-state index in [-0.39, 0.29) is 0 Å². The van der Waals surface area contributed by atoms with Crippen LogP contribution in [-0.2, 0) is 11.3 Å². The second kappa shape index (κ2) is 8.88. The van der Waals surface area contributed by atoms with Gasteiger partial charge in [-0.1, -0.05) is 19.4 Å². The summed E-state index contributed by atoms with van der Waals surface area (Å²) in [6.45, 7) is 6.89. The van der Waals surface area contributed by atoms with Crippen molar-refractivity contribution in [1.29, 1.82) is 0 Å². The fourth-order valence-electron chi connectivity index (χ4n) is 2.10. The number of ether oxygens (including phenoxy) is 1. The van der Waals surface area contributed by atoms with E-state index in [2.05, 4.69) is 42.2 Å². The standard InChI is InChI=1S/C15H27N3O/c1-5-7-13(2)18(3)15-14(8-6-9-17-15)12-16-10-11-19-4/h6,8-9,13,16H,5,7,10-12H2,1-4H3. The maximum absolute atomic E-state index is 5.04. The molecule has 108 valence electrons. The predicted octanol–water partition coefficient (Wildman–Crippen LogP) is 2.44. The predicted molar refractivity (Wildman–Crippen MR) is 80.6 cm³/mol. The van der Waals surface area contributed by atoms with E-state index >= 15 is 0 Å². The number of nitrogens with one attached hydrogen (secondary N) is 1. The lowest BCUT2D eigenvalue weighted by molar-refractivity contribution is 0.199. The minimum absolute atomic E-state index is 0.512. The number of hydrogen-bond acceptors (Lipinski definition) is 4. The molecular weight excluding hydrogens is 238 g/mol. The van der Waals surface area contributed by atoms with Gasteiger partial charge in [-0.2, -0.15) is 0 Å². The Balaban J connectivity index is 2.66. The SMILES string of the molecule is CCCC(C)N(C)c1ncccc1CNCCOC. The second-order valence-electron chi connectivity index (χ2n) is 4.90. The van der Waals surface area contributed by atoms with Crippen LogP contribution >= 0.6 is 0 Å². The minimum atomic E-state index is 0.512. The summed E-state index contributed by atoms with van der Waals surface area (Å²) in [4.78, 5) is 6.81. The van der Waals surface area contributed by atoms with Gasteiger partial charge in [0.15, 0.2) is 0 Å². The van der Waals surface area contributed by atoms with Crippen molar-refractivity contribution < 1.29 is 4.74 Å². The normalized spacial score (nSPS) is 12.4. The third-order valence-electron chi connectivity index (χ3n) is 3.37. The van der Waals surface area contributed by atoms with Gasteiger partial charge in [0.2, 0.25) is 0 Å². The van der Waals surface area contributed by atoms with Gasteiger partial charge in [0, 0.05) is 45.0 Å². The zero-order valence-electron chi connectivity index (χ0n) is 12.6. The summed E-state index contributed by atoms with van der Waals surface area (Å²) in [5, 5.41) is 3.38. The lowest BCUT2D eigenvalue weighted by Gasteiger charge is -2.27. The highest BCUT2D eigenvalue weighted by Crippen LogP contribution is 2.19. The van der Waals surface area contributed by atoms with Crippen LogP contribution in [0.3, 0.4) is 0 Å². The minimum Gasteiger partial charge on any atom is -0.383 e. The fraction of sp³-hybridized carbons (Fsp3) is 0.667. The Hall–Kier alpha value is -1.13. The first kappa shape index (κ1) is 15.9. The molecule has 4 heteroatoms. The van der Waals surface area contributed by atoms with Crippen molar-refractivity contribution in [2.24, 2.45) is 0 Å². The van der Waals surface area contributed by atoms with Crippen LogP contribution in [0, 0.1) is 0 Å². The molecule has 1 heterocycles. The molecule has 0 saturated heterocycles. The van der Waals surface area contributed by atoms with Crippen LogP contribution in [0.2, 0.25) is 0 Å². The Morgan fingerprint density at radius 2 is 2.26 bits per heavy atom. The average Bonchev–Trinajstić information content (AvgIpc) is 2.43. The maximum atomic E-state index is 5.04. The topological polar surface area (TPSA) is 37.4 Å². The van der Waals surface area contributed by atoms with Crippen LogP contribution < -0.4 is 10.2 Å². The van der Waals surface area contributed by atoms with Crippen molar-refractivity contribution >= 4 is 5.82 Å². The molecule has 0 amide bonds. The van der Waals surface area contributed by atoms with Crippen molar-refractivity contribution in [3.63, 3.8) is 0 Å². The summed E-state index contributed by atoms with van der Waals surface area (Å²) < 4.78 is 5.04. The lowest BCUT2D eigenvalue weighted by atomic mass is 10.1. The third kappa shape index (κ3) is 5.17. The summed E-state index contributed by atoms with van der Waals surface area (Å²) in [5.74, 6) is 1.08. The van der Waals surface area contributed by atoms with Gasteiger partial charge in [-0.05, 0) is 19.4 Å². The average molecular weight is 265 g/mol. The number of anilines is 1. The highest BCUT2D eigenvalue weighted by atomic mass is 16.5. The van der Waals surface area contributed by atoms with E-state index in [1.807, 2.05) is 12.3 Å². The molecule has 1 atom stereocenters. The van der Waals surface area contributed by atoms with Crippen LogP contribution in [0.5, 0.6) is 0 Å². The molecule has 1 aromatic heterocycles. The second-order valence-corrected chi connectivity index (χ2v) is 4.90. The molecule has 0 fully saturated rings. The highest BCUT2D eigenvalue weighted by molar-refractivity contribution is 5.46. The van der Waals surface area contributed by atoms with E-state index < -0.39 is 0 Å². The molecule has 1 aromatic rings. The van der Waals surface area contributed by atoms with Gasteiger partial charge >= 0.3 is 0 Å². The summed E-state index contributed by atoms with van der Waals surface area (Å²) in [7, 11) is 3.85. The largest absolute Gasteiger partial charge is 0.383 e. The molecule has 4 nitrogen and oxygen atoms in total. The monoisotopic (exact) mass is 265 g/mol. The number of rotatable bonds is 9. The zero-order valence-corrected chi connectivity index (χ0v) is 12.6. The Morgan fingerprint density at radius 3 is 2.95 bits per heavy atom. The highest BCUT2D eigenvalue weighted by Gasteiger charge is 2.13.